The minimum atomic E-state index is -3.01. The Kier molecular flexibility index (Phi) is 7.36. The first kappa shape index (κ1) is 21.5. The number of Topliss-reactive ketones (excluding diaryl/α,β-unsaturated/α-hetero) is 1. The molecule has 1 aromatic rings. The number of aryl methyl sites for hydroxylation is 2. The van der Waals surface area contributed by atoms with Gasteiger partial charge in [0.05, 0.1) is 11.0 Å². The van der Waals surface area contributed by atoms with Crippen molar-refractivity contribution in [2.45, 2.75) is 89.7 Å². The van der Waals surface area contributed by atoms with Crippen molar-refractivity contribution in [2.24, 2.45) is 11.8 Å². The Labute approximate surface area is 171 Å². The van der Waals surface area contributed by atoms with Crippen LogP contribution in [0.5, 0.6) is 0 Å². The number of carbonyl (C=O) groups excluding carboxylic acids is 1. The van der Waals surface area contributed by atoms with Crippen LogP contribution in [0.25, 0.3) is 0 Å². The fraction of sp³-hybridized carbons (Fsp3) is 0.708. The summed E-state index contributed by atoms with van der Waals surface area (Å²) in [5, 5.41) is -0.230. The molecule has 0 heterocycles. The number of sulfone groups is 1. The summed E-state index contributed by atoms with van der Waals surface area (Å²) in [5.74, 6) is 1.00. The number of ketones is 1. The molecule has 3 nitrogen and oxygen atoms in total. The van der Waals surface area contributed by atoms with Gasteiger partial charge in [0.1, 0.15) is 5.78 Å². The summed E-state index contributed by atoms with van der Waals surface area (Å²) >= 11 is 0. The van der Waals surface area contributed by atoms with Crippen LogP contribution in [0.15, 0.2) is 18.2 Å². The molecule has 3 rings (SSSR count). The van der Waals surface area contributed by atoms with Gasteiger partial charge >= 0.3 is 0 Å². The van der Waals surface area contributed by atoms with E-state index in [1.165, 1.54) is 24.0 Å². The summed E-state index contributed by atoms with van der Waals surface area (Å²) in [6, 6.07) is 6.56. The SMILES string of the molecule is CCCCC(C)S(=O)(=O)CC1CCC(C(=O)Cc2ccc3c(c2)CCC3)CC1. The van der Waals surface area contributed by atoms with E-state index in [-0.39, 0.29) is 17.1 Å². The monoisotopic (exact) mass is 404 g/mol. The highest BCUT2D eigenvalue weighted by atomic mass is 32.2. The second-order valence-electron chi connectivity index (χ2n) is 9.10. The normalized spacial score (nSPS) is 23.4. The van der Waals surface area contributed by atoms with Crippen LogP contribution < -0.4 is 0 Å². The molecule has 0 radical (unpaired) electrons. The summed E-state index contributed by atoms with van der Waals surface area (Å²) in [4.78, 5) is 12.8. The fourth-order valence-corrected chi connectivity index (χ4v) is 6.74. The molecule has 0 N–H and O–H groups in total. The third-order valence-electron chi connectivity index (χ3n) is 6.89. The van der Waals surface area contributed by atoms with Gasteiger partial charge in [-0.05, 0) is 80.9 Å². The van der Waals surface area contributed by atoms with Crippen molar-refractivity contribution in [2.75, 3.05) is 5.75 Å². The molecule has 0 aliphatic heterocycles. The third-order valence-corrected chi connectivity index (χ3v) is 9.29. The second kappa shape index (κ2) is 9.56. The van der Waals surface area contributed by atoms with E-state index in [0.29, 0.717) is 18.0 Å². The minimum absolute atomic E-state index is 0.115. The largest absolute Gasteiger partial charge is 0.299 e. The third kappa shape index (κ3) is 5.46. The lowest BCUT2D eigenvalue weighted by molar-refractivity contribution is -0.123. The van der Waals surface area contributed by atoms with Crippen molar-refractivity contribution < 1.29 is 13.2 Å². The molecule has 2 aliphatic rings. The average molecular weight is 405 g/mol. The lowest BCUT2D eigenvalue weighted by atomic mass is 9.79. The molecule has 1 fully saturated rings. The van der Waals surface area contributed by atoms with Gasteiger partial charge in [-0.1, -0.05) is 38.0 Å². The highest BCUT2D eigenvalue weighted by Gasteiger charge is 2.31. The van der Waals surface area contributed by atoms with E-state index in [1.54, 1.807) is 0 Å². The van der Waals surface area contributed by atoms with Gasteiger partial charge in [-0.3, -0.25) is 4.79 Å². The van der Waals surface area contributed by atoms with Crippen LogP contribution >= 0.6 is 0 Å². The van der Waals surface area contributed by atoms with Gasteiger partial charge in [0, 0.05) is 12.3 Å². The molecule has 0 amide bonds. The van der Waals surface area contributed by atoms with Crippen LogP contribution in [0, 0.1) is 11.8 Å². The molecule has 1 atom stereocenters. The molecule has 1 saturated carbocycles. The van der Waals surface area contributed by atoms with Gasteiger partial charge in [0.15, 0.2) is 9.84 Å². The van der Waals surface area contributed by atoms with Crippen molar-refractivity contribution in [1.82, 2.24) is 0 Å². The zero-order valence-electron chi connectivity index (χ0n) is 17.6. The van der Waals surface area contributed by atoms with E-state index in [2.05, 4.69) is 25.1 Å². The molecule has 28 heavy (non-hydrogen) atoms. The van der Waals surface area contributed by atoms with Gasteiger partial charge in [-0.25, -0.2) is 8.42 Å². The van der Waals surface area contributed by atoms with E-state index in [9.17, 15) is 13.2 Å². The standard InChI is InChI=1S/C24H36O3S/c1-3-4-6-18(2)28(26,27)17-19-9-13-22(14-10-19)24(25)16-20-11-12-21-7-5-8-23(21)15-20/h11-12,15,18-19,22H,3-10,13-14,16-17H2,1-2H3. The predicted octanol–water partition coefficient (Wildman–Crippen LogP) is 5.09. The van der Waals surface area contributed by atoms with Gasteiger partial charge in [0.25, 0.3) is 0 Å². The van der Waals surface area contributed by atoms with Crippen molar-refractivity contribution >= 4 is 15.6 Å². The summed E-state index contributed by atoms with van der Waals surface area (Å²) in [5.41, 5.74) is 4.03. The summed E-state index contributed by atoms with van der Waals surface area (Å²) < 4.78 is 25.2. The molecular weight excluding hydrogens is 368 g/mol. The topological polar surface area (TPSA) is 51.2 Å². The highest BCUT2D eigenvalue weighted by molar-refractivity contribution is 7.92. The number of fused-ring (bicyclic) bond motifs is 1. The molecule has 0 saturated heterocycles. The Morgan fingerprint density at radius 1 is 1.11 bits per heavy atom. The molecular formula is C24H36O3S. The molecule has 156 valence electrons. The van der Waals surface area contributed by atoms with Crippen molar-refractivity contribution in [1.29, 1.82) is 0 Å². The Morgan fingerprint density at radius 2 is 1.82 bits per heavy atom. The predicted molar refractivity (Wildman–Crippen MR) is 115 cm³/mol. The Bertz CT molecular complexity index is 773. The van der Waals surface area contributed by atoms with E-state index in [4.69, 9.17) is 0 Å². The number of hydrogen-bond acceptors (Lipinski definition) is 3. The number of benzene rings is 1. The minimum Gasteiger partial charge on any atom is -0.299 e. The van der Waals surface area contributed by atoms with Crippen LogP contribution in [0.4, 0.5) is 0 Å². The zero-order chi connectivity index (χ0) is 20.1. The first-order valence-corrected chi connectivity index (χ1v) is 13.0. The zero-order valence-corrected chi connectivity index (χ0v) is 18.4. The van der Waals surface area contributed by atoms with Crippen LogP contribution in [0.3, 0.4) is 0 Å². The maximum absolute atomic E-state index is 12.8. The van der Waals surface area contributed by atoms with E-state index in [0.717, 1.165) is 56.9 Å². The van der Waals surface area contributed by atoms with Gasteiger partial charge in [-0.2, -0.15) is 0 Å². The van der Waals surface area contributed by atoms with E-state index >= 15 is 0 Å². The number of rotatable bonds is 9. The average Bonchev–Trinajstić information content (AvgIpc) is 3.14. The highest BCUT2D eigenvalue weighted by Crippen LogP contribution is 2.32. The molecule has 1 unspecified atom stereocenters. The van der Waals surface area contributed by atoms with Crippen LogP contribution in [-0.4, -0.2) is 25.2 Å². The maximum atomic E-state index is 12.8. The van der Waals surface area contributed by atoms with Crippen molar-refractivity contribution in [3.8, 4) is 0 Å². The second-order valence-corrected chi connectivity index (χ2v) is 11.6. The van der Waals surface area contributed by atoms with Gasteiger partial charge < -0.3 is 0 Å². The van der Waals surface area contributed by atoms with E-state index in [1.807, 2.05) is 6.92 Å². The molecule has 0 bridgehead atoms. The smallest absolute Gasteiger partial charge is 0.153 e. The Balaban J connectivity index is 1.47. The quantitative estimate of drug-likeness (QED) is 0.576. The molecule has 2 aliphatic carbocycles. The van der Waals surface area contributed by atoms with E-state index < -0.39 is 9.84 Å². The number of hydrogen-bond donors (Lipinski definition) is 0. The van der Waals surface area contributed by atoms with Gasteiger partial charge in [-0.15, -0.1) is 0 Å². The first-order valence-electron chi connectivity index (χ1n) is 11.2. The maximum Gasteiger partial charge on any atom is 0.153 e. The fourth-order valence-electron chi connectivity index (χ4n) is 4.90. The lowest BCUT2D eigenvalue weighted by Crippen LogP contribution is -2.30. The van der Waals surface area contributed by atoms with Crippen molar-refractivity contribution in [3.63, 3.8) is 0 Å². The molecule has 4 heteroatoms. The summed E-state index contributed by atoms with van der Waals surface area (Å²) in [6.07, 6.45) is 10.3. The van der Waals surface area contributed by atoms with Crippen LogP contribution in [-0.2, 0) is 33.9 Å². The summed E-state index contributed by atoms with van der Waals surface area (Å²) in [7, 11) is -3.01. The Hall–Kier alpha value is -1.16. The molecule has 0 aromatic heterocycles. The van der Waals surface area contributed by atoms with Crippen molar-refractivity contribution in [3.05, 3.63) is 34.9 Å². The van der Waals surface area contributed by atoms with Crippen LogP contribution in [0.1, 0.15) is 81.9 Å². The lowest BCUT2D eigenvalue weighted by Gasteiger charge is -2.28. The molecule has 1 aromatic carbocycles. The number of unbranched alkanes of at least 4 members (excludes halogenated alkanes) is 1. The van der Waals surface area contributed by atoms with Gasteiger partial charge in [0.2, 0.25) is 0 Å². The van der Waals surface area contributed by atoms with Crippen LogP contribution in [0.2, 0.25) is 0 Å². The number of carbonyl (C=O) groups is 1. The summed E-state index contributed by atoms with van der Waals surface area (Å²) in [6.45, 7) is 3.96. The Morgan fingerprint density at radius 3 is 2.54 bits per heavy atom. The first-order chi connectivity index (χ1) is 13.4. The molecule has 0 spiro atoms.